The Hall–Kier alpha value is -2.34. The second kappa shape index (κ2) is 11.9. The van der Waals surface area contributed by atoms with Gasteiger partial charge in [-0.1, -0.05) is 93.8 Å². The van der Waals surface area contributed by atoms with Crippen molar-refractivity contribution in [2.75, 3.05) is 26.8 Å². The lowest BCUT2D eigenvalue weighted by Crippen LogP contribution is -2.57. The molecule has 31 heavy (non-hydrogen) atoms. The monoisotopic (exact) mass is 423 g/mol. The molecule has 1 unspecified atom stereocenters. The third-order valence-corrected chi connectivity index (χ3v) is 5.68. The van der Waals surface area contributed by atoms with Gasteiger partial charge in [0.2, 0.25) is 0 Å². The van der Waals surface area contributed by atoms with Gasteiger partial charge < -0.3 is 4.74 Å². The Balaban J connectivity index is 2.08. The van der Waals surface area contributed by atoms with Crippen molar-refractivity contribution in [3.63, 3.8) is 0 Å². The molecule has 5 nitrogen and oxygen atoms in total. The van der Waals surface area contributed by atoms with Gasteiger partial charge in [-0.2, -0.15) is 5.17 Å². The molecule has 0 amide bonds. The van der Waals surface area contributed by atoms with Gasteiger partial charge in [-0.05, 0) is 18.9 Å². The number of likely N-dealkylation sites (N-methyl/N-ethyl adjacent to an activating group) is 1. The molecule has 0 spiro atoms. The molecule has 0 aliphatic carbocycles. The molecular formula is C26H37N3O2. The van der Waals surface area contributed by atoms with Crippen LogP contribution in [0.4, 0.5) is 0 Å². The van der Waals surface area contributed by atoms with Crippen LogP contribution in [-0.4, -0.2) is 42.1 Å². The number of methoxy groups -OCH3 is 1. The summed E-state index contributed by atoms with van der Waals surface area (Å²) in [5.74, 6) is 0.900. The first kappa shape index (κ1) is 23.3. The van der Waals surface area contributed by atoms with Crippen LogP contribution < -0.4 is 0 Å². The topological polar surface area (TPSA) is 28.2 Å². The normalized spacial score (nSPS) is 17.9. The minimum Gasteiger partial charge on any atom is -0.497 e. The Morgan fingerprint density at radius 2 is 1.48 bits per heavy atom. The molecule has 0 bridgehead atoms. The fourth-order valence-corrected chi connectivity index (χ4v) is 4.19. The van der Waals surface area contributed by atoms with Crippen molar-refractivity contribution in [3.05, 3.63) is 77.5 Å². The average molecular weight is 424 g/mol. The lowest BCUT2D eigenvalue weighted by molar-refractivity contribution is -0.330. The highest BCUT2D eigenvalue weighted by Crippen LogP contribution is 2.42. The van der Waals surface area contributed by atoms with E-state index >= 15 is 0 Å². The number of hydroxylamine groups is 1. The maximum absolute atomic E-state index is 6.43. The van der Waals surface area contributed by atoms with E-state index in [1.54, 1.807) is 7.11 Å². The number of rotatable bonds is 11. The van der Waals surface area contributed by atoms with E-state index in [1.807, 2.05) is 11.2 Å². The van der Waals surface area contributed by atoms with Crippen LogP contribution in [0.25, 0.3) is 5.70 Å². The SMILES string of the molecule is CCCCCCON1C(c2ccccc2)=C(OC)C(c2ccccc2)N(CC)N1CC. The third-order valence-electron chi connectivity index (χ3n) is 5.68. The molecule has 1 atom stereocenters. The minimum absolute atomic E-state index is 0.0219. The van der Waals surface area contributed by atoms with Crippen LogP contribution in [0.5, 0.6) is 0 Å². The van der Waals surface area contributed by atoms with Gasteiger partial charge in [-0.25, -0.2) is 5.01 Å². The minimum atomic E-state index is -0.0219. The standard InChI is InChI=1S/C26H37N3O2/c1-5-8-9-16-21-31-29-25(23-19-14-11-15-20-23)26(30-4)24(22-17-12-10-13-18-22)27(6-2)28(29)7-3/h10-15,17-20,24H,5-9,16,21H2,1-4H3. The molecule has 2 aromatic rings. The van der Waals surface area contributed by atoms with Crippen molar-refractivity contribution in [1.29, 1.82) is 0 Å². The molecular weight excluding hydrogens is 386 g/mol. The highest BCUT2D eigenvalue weighted by atomic mass is 16.7. The van der Waals surface area contributed by atoms with Crippen LogP contribution in [0.15, 0.2) is 66.4 Å². The van der Waals surface area contributed by atoms with E-state index in [4.69, 9.17) is 9.57 Å². The van der Waals surface area contributed by atoms with E-state index in [-0.39, 0.29) is 6.04 Å². The van der Waals surface area contributed by atoms with Gasteiger partial charge in [-0.15, -0.1) is 5.12 Å². The Kier molecular flexibility index (Phi) is 8.95. The summed E-state index contributed by atoms with van der Waals surface area (Å²) in [6.07, 6.45) is 4.68. The van der Waals surface area contributed by atoms with Gasteiger partial charge in [0.05, 0.1) is 13.7 Å². The van der Waals surface area contributed by atoms with E-state index in [0.717, 1.165) is 36.5 Å². The summed E-state index contributed by atoms with van der Waals surface area (Å²) in [7, 11) is 1.77. The van der Waals surface area contributed by atoms with Crippen molar-refractivity contribution in [3.8, 4) is 0 Å². The number of ether oxygens (including phenoxy) is 1. The number of benzene rings is 2. The summed E-state index contributed by atoms with van der Waals surface area (Å²) < 4.78 is 6.11. The molecule has 0 saturated heterocycles. The summed E-state index contributed by atoms with van der Waals surface area (Å²) in [6.45, 7) is 8.88. The van der Waals surface area contributed by atoms with Crippen molar-refractivity contribution < 1.29 is 9.57 Å². The zero-order chi connectivity index (χ0) is 22.1. The fraction of sp³-hybridized carbons (Fsp3) is 0.462. The maximum Gasteiger partial charge on any atom is 0.147 e. The molecule has 1 heterocycles. The highest BCUT2D eigenvalue weighted by molar-refractivity contribution is 5.67. The lowest BCUT2D eigenvalue weighted by Gasteiger charge is -2.50. The van der Waals surface area contributed by atoms with Gasteiger partial charge >= 0.3 is 0 Å². The zero-order valence-electron chi connectivity index (χ0n) is 19.5. The number of hydrazine groups is 2. The number of hydrogen-bond donors (Lipinski definition) is 0. The van der Waals surface area contributed by atoms with Crippen molar-refractivity contribution in [2.24, 2.45) is 0 Å². The van der Waals surface area contributed by atoms with Crippen LogP contribution in [0.3, 0.4) is 0 Å². The average Bonchev–Trinajstić information content (AvgIpc) is 2.83. The molecule has 168 valence electrons. The van der Waals surface area contributed by atoms with Crippen LogP contribution in [0.2, 0.25) is 0 Å². The summed E-state index contributed by atoms with van der Waals surface area (Å²) >= 11 is 0. The van der Waals surface area contributed by atoms with Gasteiger partial charge in [0.25, 0.3) is 0 Å². The first-order valence-electron chi connectivity index (χ1n) is 11.6. The first-order valence-corrected chi connectivity index (χ1v) is 11.6. The van der Waals surface area contributed by atoms with Crippen molar-refractivity contribution in [1.82, 2.24) is 15.3 Å². The van der Waals surface area contributed by atoms with Crippen LogP contribution in [0.1, 0.15) is 63.6 Å². The Labute approximate surface area is 187 Å². The molecule has 0 N–H and O–H groups in total. The van der Waals surface area contributed by atoms with Gasteiger partial charge in [0.15, 0.2) is 0 Å². The van der Waals surface area contributed by atoms with E-state index in [9.17, 15) is 0 Å². The predicted octanol–water partition coefficient (Wildman–Crippen LogP) is 6.04. The fourth-order valence-electron chi connectivity index (χ4n) is 4.19. The smallest absolute Gasteiger partial charge is 0.147 e. The molecule has 0 radical (unpaired) electrons. The lowest BCUT2D eigenvalue weighted by atomic mass is 9.99. The molecule has 0 fully saturated rings. The van der Waals surface area contributed by atoms with E-state index in [2.05, 4.69) is 85.5 Å². The second-order valence-electron chi connectivity index (χ2n) is 7.71. The highest BCUT2D eigenvalue weighted by Gasteiger charge is 2.41. The zero-order valence-corrected chi connectivity index (χ0v) is 19.5. The van der Waals surface area contributed by atoms with Gasteiger partial charge in [-0.3, -0.25) is 4.84 Å². The molecule has 0 saturated carbocycles. The van der Waals surface area contributed by atoms with Crippen LogP contribution in [-0.2, 0) is 9.57 Å². The Bertz CT molecular complexity index is 810. The second-order valence-corrected chi connectivity index (χ2v) is 7.71. The van der Waals surface area contributed by atoms with Crippen molar-refractivity contribution in [2.45, 2.75) is 52.5 Å². The van der Waals surface area contributed by atoms with Crippen molar-refractivity contribution >= 4 is 5.70 Å². The maximum atomic E-state index is 6.43. The first-order chi connectivity index (χ1) is 15.3. The molecule has 1 aliphatic rings. The summed E-state index contributed by atoms with van der Waals surface area (Å²) in [5, 5.41) is 6.50. The molecule has 1 aliphatic heterocycles. The van der Waals surface area contributed by atoms with E-state index < -0.39 is 0 Å². The number of hydrogen-bond acceptors (Lipinski definition) is 5. The summed E-state index contributed by atoms with van der Waals surface area (Å²) in [6, 6.07) is 21.0. The molecule has 2 aromatic carbocycles. The van der Waals surface area contributed by atoms with Crippen LogP contribution in [0, 0.1) is 0 Å². The molecule has 5 heteroatoms. The van der Waals surface area contributed by atoms with Gasteiger partial charge in [0.1, 0.15) is 17.5 Å². The number of nitrogens with zero attached hydrogens (tertiary/aromatic N) is 3. The summed E-state index contributed by atoms with van der Waals surface area (Å²) in [5.41, 5.74) is 3.26. The Morgan fingerprint density at radius 3 is 2.06 bits per heavy atom. The summed E-state index contributed by atoms with van der Waals surface area (Å²) in [4.78, 5) is 6.43. The quantitative estimate of drug-likeness (QED) is 0.411. The number of unbranched alkanes of at least 4 members (excludes halogenated alkanes) is 3. The van der Waals surface area contributed by atoms with Gasteiger partial charge in [0, 0.05) is 18.7 Å². The van der Waals surface area contributed by atoms with E-state index in [0.29, 0.717) is 6.61 Å². The Morgan fingerprint density at radius 1 is 0.806 bits per heavy atom. The molecule has 3 rings (SSSR count). The third kappa shape index (κ3) is 5.29. The van der Waals surface area contributed by atoms with Crippen LogP contribution >= 0.6 is 0 Å². The van der Waals surface area contributed by atoms with E-state index in [1.165, 1.54) is 24.8 Å². The largest absolute Gasteiger partial charge is 0.497 e. The predicted molar refractivity (Wildman–Crippen MR) is 126 cm³/mol. The molecule has 0 aromatic heterocycles.